The van der Waals surface area contributed by atoms with E-state index in [1.807, 2.05) is 12.1 Å². The first-order valence-electron chi connectivity index (χ1n) is 4.69. The van der Waals surface area contributed by atoms with Crippen molar-refractivity contribution >= 4 is 75.1 Å². The lowest BCUT2D eigenvalue weighted by Crippen LogP contribution is -2.34. The van der Waals surface area contributed by atoms with Gasteiger partial charge in [-0.2, -0.15) is 0 Å². The zero-order chi connectivity index (χ0) is 12.1. The molecule has 1 aliphatic rings. The van der Waals surface area contributed by atoms with Crippen molar-refractivity contribution in [2.45, 2.75) is 21.4 Å². The second kappa shape index (κ2) is 4.18. The van der Waals surface area contributed by atoms with E-state index in [0.717, 1.165) is 15.9 Å². The van der Waals surface area contributed by atoms with Crippen LogP contribution in [0.2, 0.25) is 0 Å². The molecular formula is C11H9Br4N. The highest BCUT2D eigenvalue weighted by Gasteiger charge is 2.43. The largest absolute Gasteiger partial charge is 0.253 e. The number of hydrogen-bond acceptors (Lipinski definition) is 1. The lowest BCUT2D eigenvalue weighted by atomic mass is 9.82. The number of nitrogens with zero attached hydrogens (tertiary/aromatic N) is 1. The summed E-state index contributed by atoms with van der Waals surface area (Å²) in [5.41, 5.74) is 3.19. The number of halogens is 4. The molecule has 0 N–H and O–H groups in total. The monoisotopic (exact) mass is 471 g/mol. The molecule has 0 aromatic heterocycles. The first-order chi connectivity index (χ1) is 7.23. The number of rotatable bonds is 0. The molecule has 0 bridgehead atoms. The minimum Gasteiger partial charge on any atom is -0.253 e. The highest BCUT2D eigenvalue weighted by molar-refractivity contribution is 9.40. The highest BCUT2D eigenvalue weighted by atomic mass is 80.0. The predicted molar refractivity (Wildman–Crippen MR) is 83.8 cm³/mol. The minimum atomic E-state index is -0.442. The van der Waals surface area contributed by atoms with Gasteiger partial charge in [0.15, 0.2) is 2.14 Å². The van der Waals surface area contributed by atoms with Crippen LogP contribution in [0.5, 0.6) is 0 Å². The lowest BCUT2D eigenvalue weighted by molar-refractivity contribution is 0.731. The van der Waals surface area contributed by atoms with Crippen molar-refractivity contribution in [3.63, 3.8) is 0 Å². The number of hydrogen-bond donors (Lipinski definition) is 0. The van der Waals surface area contributed by atoms with Gasteiger partial charge in [-0.1, -0.05) is 77.6 Å². The SMILES string of the molecule is CC1(C)C(C(Br)(Br)Br)=Nc2ccc(Br)cc21. The third-order valence-corrected chi connectivity index (χ3v) is 4.34. The zero-order valence-electron chi connectivity index (χ0n) is 8.69. The second-order valence-electron chi connectivity index (χ2n) is 4.24. The van der Waals surface area contributed by atoms with Crippen LogP contribution in [0.4, 0.5) is 5.69 Å². The predicted octanol–water partition coefficient (Wildman–Crippen LogP) is 5.65. The van der Waals surface area contributed by atoms with Crippen molar-refractivity contribution in [1.82, 2.24) is 0 Å². The van der Waals surface area contributed by atoms with Crippen LogP contribution in [0, 0.1) is 0 Å². The van der Waals surface area contributed by atoms with E-state index in [-0.39, 0.29) is 5.41 Å². The van der Waals surface area contributed by atoms with Crippen molar-refractivity contribution in [2.24, 2.45) is 4.99 Å². The Bertz CT molecular complexity index is 471. The molecule has 0 fully saturated rings. The Hall–Kier alpha value is 0.810. The Morgan fingerprint density at radius 3 is 2.38 bits per heavy atom. The Morgan fingerprint density at radius 1 is 1.19 bits per heavy atom. The molecule has 1 aliphatic heterocycles. The fraction of sp³-hybridized carbons (Fsp3) is 0.364. The van der Waals surface area contributed by atoms with Crippen LogP contribution in [0.1, 0.15) is 19.4 Å². The molecule has 1 aromatic rings. The highest BCUT2D eigenvalue weighted by Crippen LogP contribution is 2.50. The maximum absolute atomic E-state index is 4.67. The molecule has 1 nitrogen and oxygen atoms in total. The fourth-order valence-corrected chi connectivity index (χ4v) is 4.03. The molecule has 86 valence electrons. The van der Waals surface area contributed by atoms with Gasteiger partial charge in [0.25, 0.3) is 0 Å². The van der Waals surface area contributed by atoms with E-state index >= 15 is 0 Å². The van der Waals surface area contributed by atoms with Gasteiger partial charge in [-0.05, 0) is 23.8 Å². The van der Waals surface area contributed by atoms with E-state index in [4.69, 9.17) is 0 Å². The van der Waals surface area contributed by atoms with Gasteiger partial charge in [-0.15, -0.1) is 0 Å². The van der Waals surface area contributed by atoms with Gasteiger partial charge in [0.2, 0.25) is 0 Å². The second-order valence-corrected chi connectivity index (χ2v) is 11.9. The van der Waals surface area contributed by atoms with Gasteiger partial charge in [-0.25, -0.2) is 0 Å². The van der Waals surface area contributed by atoms with E-state index in [1.165, 1.54) is 5.56 Å². The first kappa shape index (κ1) is 13.2. The Labute approximate surface area is 129 Å². The number of aliphatic imine (C=N–C) groups is 1. The summed E-state index contributed by atoms with van der Waals surface area (Å²) in [6.45, 7) is 4.34. The topological polar surface area (TPSA) is 12.4 Å². The summed E-state index contributed by atoms with van der Waals surface area (Å²) in [7, 11) is 0. The van der Waals surface area contributed by atoms with Gasteiger partial charge >= 0.3 is 0 Å². The van der Waals surface area contributed by atoms with Crippen LogP contribution in [0.25, 0.3) is 0 Å². The van der Waals surface area contributed by atoms with Crippen LogP contribution < -0.4 is 0 Å². The van der Waals surface area contributed by atoms with Crippen molar-refractivity contribution in [3.05, 3.63) is 28.2 Å². The van der Waals surface area contributed by atoms with E-state index in [1.54, 1.807) is 0 Å². The summed E-state index contributed by atoms with van der Waals surface area (Å²) in [4.78, 5) is 4.67. The molecule has 0 spiro atoms. The van der Waals surface area contributed by atoms with Crippen LogP contribution in [-0.2, 0) is 5.41 Å². The van der Waals surface area contributed by atoms with E-state index in [2.05, 4.69) is 88.6 Å². The molecule has 5 heteroatoms. The molecule has 0 unspecified atom stereocenters. The summed E-state index contributed by atoms with van der Waals surface area (Å²) in [5.74, 6) is 0. The third kappa shape index (κ3) is 2.20. The summed E-state index contributed by atoms with van der Waals surface area (Å²) >= 11 is 14.1. The maximum Gasteiger partial charge on any atom is 0.173 e. The van der Waals surface area contributed by atoms with Gasteiger partial charge in [0, 0.05) is 9.89 Å². The van der Waals surface area contributed by atoms with Crippen molar-refractivity contribution in [2.75, 3.05) is 0 Å². The first-order valence-corrected chi connectivity index (χ1v) is 7.86. The smallest absolute Gasteiger partial charge is 0.173 e. The fourth-order valence-electron chi connectivity index (χ4n) is 1.91. The number of alkyl halides is 3. The Kier molecular flexibility index (Phi) is 3.46. The number of fused-ring (bicyclic) bond motifs is 1. The molecule has 0 saturated carbocycles. The van der Waals surface area contributed by atoms with E-state index < -0.39 is 2.14 Å². The van der Waals surface area contributed by atoms with Gasteiger partial charge in [-0.3, -0.25) is 4.99 Å². The van der Waals surface area contributed by atoms with Gasteiger partial charge in [0.1, 0.15) is 0 Å². The summed E-state index contributed by atoms with van der Waals surface area (Å²) < 4.78 is 0.641. The maximum atomic E-state index is 4.67. The molecule has 0 aliphatic carbocycles. The molecule has 0 amide bonds. The molecule has 0 saturated heterocycles. The van der Waals surface area contributed by atoms with E-state index in [9.17, 15) is 0 Å². The van der Waals surface area contributed by atoms with Crippen LogP contribution in [0.15, 0.2) is 27.7 Å². The minimum absolute atomic E-state index is 0.102. The number of benzene rings is 1. The molecule has 2 rings (SSSR count). The Morgan fingerprint density at radius 2 is 1.81 bits per heavy atom. The standard InChI is InChI=1S/C11H9Br4N/c1-10(2)7-5-6(12)3-4-8(7)16-9(10)11(13,14)15/h3-5H,1-2H3. The van der Waals surface area contributed by atoms with Crippen molar-refractivity contribution in [1.29, 1.82) is 0 Å². The van der Waals surface area contributed by atoms with E-state index in [0.29, 0.717) is 0 Å². The normalized spacial score (nSPS) is 18.2. The summed E-state index contributed by atoms with van der Waals surface area (Å²) in [6, 6.07) is 6.18. The average molecular weight is 475 g/mol. The molecule has 0 radical (unpaired) electrons. The molecular weight excluding hydrogens is 466 g/mol. The quantitative estimate of drug-likeness (QED) is 0.431. The Balaban J connectivity index is 2.60. The van der Waals surface area contributed by atoms with Crippen LogP contribution in [-0.4, -0.2) is 7.85 Å². The molecule has 1 aromatic carbocycles. The lowest BCUT2D eigenvalue weighted by Gasteiger charge is -2.27. The molecule has 16 heavy (non-hydrogen) atoms. The van der Waals surface area contributed by atoms with Crippen molar-refractivity contribution in [3.8, 4) is 0 Å². The van der Waals surface area contributed by atoms with Gasteiger partial charge < -0.3 is 0 Å². The summed E-state index contributed by atoms with van der Waals surface area (Å²) in [5, 5.41) is 0. The zero-order valence-corrected chi connectivity index (χ0v) is 15.0. The van der Waals surface area contributed by atoms with Crippen LogP contribution in [0.3, 0.4) is 0 Å². The average Bonchev–Trinajstić information content (AvgIpc) is 2.38. The van der Waals surface area contributed by atoms with Gasteiger partial charge in [0.05, 0.1) is 11.4 Å². The van der Waals surface area contributed by atoms with Crippen molar-refractivity contribution < 1.29 is 0 Å². The molecule has 0 atom stereocenters. The molecule has 1 heterocycles. The summed E-state index contributed by atoms with van der Waals surface area (Å²) in [6.07, 6.45) is 0. The third-order valence-electron chi connectivity index (χ3n) is 2.72. The van der Waals surface area contributed by atoms with Crippen LogP contribution >= 0.6 is 63.7 Å².